The van der Waals surface area contributed by atoms with Crippen LogP contribution in [0.25, 0.3) is 11.5 Å². The molecule has 1 heterocycles. The van der Waals surface area contributed by atoms with E-state index in [2.05, 4.69) is 10.4 Å². The molecule has 0 fully saturated rings. The lowest BCUT2D eigenvalue weighted by atomic mass is 10.2. The lowest BCUT2D eigenvalue weighted by molar-refractivity contribution is -0.154. The molecule has 1 amide bonds. The van der Waals surface area contributed by atoms with Gasteiger partial charge in [0.25, 0.3) is 5.91 Å². The number of amides is 1. The van der Waals surface area contributed by atoms with Crippen molar-refractivity contribution in [3.05, 3.63) is 70.7 Å². The second-order valence-corrected chi connectivity index (χ2v) is 5.95. The first-order valence-corrected chi connectivity index (χ1v) is 8.42. The van der Waals surface area contributed by atoms with E-state index in [1.807, 2.05) is 0 Å². The van der Waals surface area contributed by atoms with Gasteiger partial charge < -0.3 is 14.5 Å². The van der Waals surface area contributed by atoms with Crippen molar-refractivity contribution in [1.82, 2.24) is 9.78 Å². The minimum atomic E-state index is -1.26. The second-order valence-electron chi connectivity index (χ2n) is 5.95. The molecule has 1 aromatic heterocycles. The van der Waals surface area contributed by atoms with Crippen LogP contribution in [0.15, 0.2) is 57.7 Å². The van der Waals surface area contributed by atoms with Gasteiger partial charge in [0, 0.05) is 17.3 Å². The Labute approximate surface area is 162 Å². The average Bonchev–Trinajstić information content (AvgIpc) is 3.05. The van der Waals surface area contributed by atoms with Crippen molar-refractivity contribution in [2.24, 2.45) is 0 Å². The van der Waals surface area contributed by atoms with Gasteiger partial charge in [-0.15, -0.1) is 5.10 Å². The van der Waals surface area contributed by atoms with E-state index >= 15 is 0 Å². The fraction of sp³-hybridized carbons (Fsp3) is 0.158. The first kappa shape index (κ1) is 19.9. The maximum atomic E-state index is 13.2. The highest BCUT2D eigenvalue weighted by atomic mass is 19.2. The molecule has 150 valence electrons. The first-order valence-electron chi connectivity index (χ1n) is 8.42. The number of carbonyl (C=O) groups is 2. The van der Waals surface area contributed by atoms with Crippen LogP contribution >= 0.6 is 0 Å². The number of hydrogen-bond donors (Lipinski definition) is 1. The molecule has 0 aliphatic carbocycles. The smallest absolute Gasteiger partial charge is 0.437 e. The Morgan fingerprint density at radius 1 is 1.17 bits per heavy atom. The van der Waals surface area contributed by atoms with Gasteiger partial charge in [0.15, 0.2) is 17.7 Å². The van der Waals surface area contributed by atoms with Crippen LogP contribution in [0, 0.1) is 11.6 Å². The van der Waals surface area contributed by atoms with Gasteiger partial charge in [0.1, 0.15) is 6.54 Å². The lowest BCUT2D eigenvalue weighted by Crippen LogP contribution is -2.32. The van der Waals surface area contributed by atoms with Gasteiger partial charge in [0.05, 0.1) is 0 Å². The summed E-state index contributed by atoms with van der Waals surface area (Å²) in [5.41, 5.74) is 0.549. The van der Waals surface area contributed by atoms with Gasteiger partial charge in [-0.3, -0.25) is 9.59 Å². The number of benzene rings is 2. The molecule has 0 unspecified atom stereocenters. The number of halogens is 2. The number of nitrogens with one attached hydrogen (secondary N) is 1. The summed E-state index contributed by atoms with van der Waals surface area (Å²) in [7, 11) is 0. The van der Waals surface area contributed by atoms with Gasteiger partial charge in [-0.25, -0.2) is 13.6 Å². The Morgan fingerprint density at radius 2 is 1.90 bits per heavy atom. The van der Waals surface area contributed by atoms with Gasteiger partial charge in [0.2, 0.25) is 5.89 Å². The molecular weight excluding hydrogens is 388 g/mol. The number of carbonyl (C=O) groups excluding carboxylic acids is 2. The van der Waals surface area contributed by atoms with Crippen molar-refractivity contribution in [2.45, 2.75) is 19.6 Å². The number of nitrogens with zero attached hydrogens (tertiary/aromatic N) is 2. The molecule has 0 bridgehead atoms. The number of hydrogen-bond acceptors (Lipinski definition) is 6. The summed E-state index contributed by atoms with van der Waals surface area (Å²) in [6.07, 6.45) is -1.26. The van der Waals surface area contributed by atoms with Crippen LogP contribution in [0.2, 0.25) is 0 Å². The highest BCUT2D eigenvalue weighted by molar-refractivity contribution is 5.95. The highest BCUT2D eigenvalue weighted by Gasteiger charge is 2.20. The van der Waals surface area contributed by atoms with Gasteiger partial charge in [-0.05, 0) is 31.2 Å². The third-order valence-corrected chi connectivity index (χ3v) is 3.77. The topological polar surface area (TPSA) is 103 Å². The Balaban J connectivity index is 1.60. The van der Waals surface area contributed by atoms with Crippen molar-refractivity contribution in [2.75, 3.05) is 5.32 Å². The lowest BCUT2D eigenvalue weighted by Gasteiger charge is -2.13. The molecule has 0 saturated carbocycles. The summed E-state index contributed by atoms with van der Waals surface area (Å²) >= 11 is 0. The van der Waals surface area contributed by atoms with Crippen LogP contribution < -0.4 is 11.1 Å². The summed E-state index contributed by atoms with van der Waals surface area (Å²) in [6.45, 7) is 0.714. The highest BCUT2D eigenvalue weighted by Crippen LogP contribution is 2.15. The predicted molar refractivity (Wildman–Crippen MR) is 96.7 cm³/mol. The van der Waals surface area contributed by atoms with E-state index in [0.717, 1.165) is 22.9 Å². The summed E-state index contributed by atoms with van der Waals surface area (Å²) < 4.78 is 36.8. The second kappa shape index (κ2) is 8.46. The maximum Gasteiger partial charge on any atom is 0.437 e. The molecule has 0 aliphatic rings. The molecule has 0 spiro atoms. The quantitative estimate of drug-likeness (QED) is 0.634. The Hall–Kier alpha value is -3.82. The molecule has 3 rings (SSSR count). The van der Waals surface area contributed by atoms with Gasteiger partial charge in [-0.2, -0.15) is 4.68 Å². The summed E-state index contributed by atoms with van der Waals surface area (Å²) in [5.74, 6) is -4.69. The molecule has 1 atom stereocenters. The van der Waals surface area contributed by atoms with Crippen LogP contribution in [-0.2, 0) is 20.9 Å². The van der Waals surface area contributed by atoms with E-state index in [0.29, 0.717) is 5.56 Å². The number of ether oxygens (including phenoxy) is 1. The van der Waals surface area contributed by atoms with E-state index in [-0.39, 0.29) is 11.6 Å². The summed E-state index contributed by atoms with van der Waals surface area (Å²) in [4.78, 5) is 35.9. The molecule has 0 aliphatic heterocycles. The molecule has 8 nitrogen and oxygen atoms in total. The predicted octanol–water partition coefficient (Wildman–Crippen LogP) is 2.35. The summed E-state index contributed by atoms with van der Waals surface area (Å²) in [5, 5.41) is 6.21. The van der Waals surface area contributed by atoms with Crippen LogP contribution in [0.3, 0.4) is 0 Å². The number of anilines is 1. The van der Waals surface area contributed by atoms with Crippen molar-refractivity contribution >= 4 is 17.6 Å². The SMILES string of the molecule is C[C@@H](OC(=O)Cn1nc(-c2ccccc2)oc1=O)C(=O)Nc1ccc(F)c(F)c1. The van der Waals surface area contributed by atoms with E-state index in [1.165, 1.54) is 6.92 Å². The largest absolute Gasteiger partial charge is 0.451 e. The zero-order chi connectivity index (χ0) is 21.0. The van der Waals surface area contributed by atoms with Crippen molar-refractivity contribution in [1.29, 1.82) is 0 Å². The summed E-state index contributed by atoms with van der Waals surface area (Å²) in [6, 6.07) is 11.4. The van der Waals surface area contributed by atoms with E-state index in [9.17, 15) is 23.2 Å². The average molecular weight is 403 g/mol. The number of rotatable bonds is 6. The molecule has 0 radical (unpaired) electrons. The molecule has 3 aromatic rings. The van der Waals surface area contributed by atoms with E-state index in [4.69, 9.17) is 9.15 Å². The Bertz CT molecular complexity index is 1090. The van der Waals surface area contributed by atoms with Crippen molar-refractivity contribution in [3.63, 3.8) is 0 Å². The van der Waals surface area contributed by atoms with Crippen LogP contribution in [0.1, 0.15) is 6.92 Å². The first-order chi connectivity index (χ1) is 13.8. The van der Waals surface area contributed by atoms with Crippen LogP contribution in [0.5, 0.6) is 0 Å². The van der Waals surface area contributed by atoms with Crippen molar-refractivity contribution in [3.8, 4) is 11.5 Å². The Kier molecular flexibility index (Phi) is 5.82. The third-order valence-electron chi connectivity index (χ3n) is 3.77. The number of aromatic nitrogens is 2. The van der Waals surface area contributed by atoms with Crippen LogP contribution in [0.4, 0.5) is 14.5 Å². The monoisotopic (exact) mass is 403 g/mol. The Morgan fingerprint density at radius 3 is 2.59 bits per heavy atom. The molecule has 0 saturated heterocycles. The molecule has 29 heavy (non-hydrogen) atoms. The fourth-order valence-corrected chi connectivity index (χ4v) is 2.33. The van der Waals surface area contributed by atoms with Crippen molar-refractivity contribution < 1.29 is 27.5 Å². The zero-order valence-electron chi connectivity index (χ0n) is 15.1. The molecular formula is C19H15F2N3O5. The normalized spacial score (nSPS) is 11.7. The van der Waals surface area contributed by atoms with E-state index in [1.54, 1.807) is 30.3 Å². The molecule has 2 aromatic carbocycles. The molecule has 1 N–H and O–H groups in total. The van der Waals surface area contributed by atoms with Gasteiger partial charge in [-0.1, -0.05) is 18.2 Å². The molecule has 10 heteroatoms. The van der Waals surface area contributed by atoms with E-state index < -0.39 is 41.9 Å². The standard InChI is InChI=1S/C19H15F2N3O5/c1-11(17(26)22-13-7-8-14(20)15(21)9-13)28-16(25)10-24-19(27)29-18(23-24)12-5-3-2-4-6-12/h2-9,11H,10H2,1H3,(H,22,26)/t11-/m1/s1. The fourth-order valence-electron chi connectivity index (χ4n) is 2.33. The maximum absolute atomic E-state index is 13.2. The minimum absolute atomic E-state index is 0.00276. The van der Waals surface area contributed by atoms with Crippen LogP contribution in [-0.4, -0.2) is 27.8 Å². The zero-order valence-corrected chi connectivity index (χ0v) is 15.1. The third kappa shape index (κ3) is 4.92. The number of esters is 1. The van der Waals surface area contributed by atoms with Gasteiger partial charge >= 0.3 is 11.7 Å². The minimum Gasteiger partial charge on any atom is -0.451 e.